The molecule has 4 aromatic rings. The van der Waals surface area contributed by atoms with Crippen molar-refractivity contribution in [1.29, 1.82) is 0 Å². The summed E-state index contributed by atoms with van der Waals surface area (Å²) in [6.07, 6.45) is -2.67. The number of fused-ring (bicyclic) bond motifs is 3. The number of aliphatic hydroxyl groups is 1. The van der Waals surface area contributed by atoms with Gasteiger partial charge in [-0.2, -0.15) is 9.97 Å². The Hall–Kier alpha value is -3.46. The van der Waals surface area contributed by atoms with Crippen LogP contribution in [0, 0.1) is 0 Å². The minimum atomic E-state index is -3.67. The van der Waals surface area contributed by atoms with Crippen molar-refractivity contribution < 1.29 is 32.8 Å². The van der Waals surface area contributed by atoms with Crippen molar-refractivity contribution in [1.82, 2.24) is 24.6 Å². The molecule has 13 nitrogen and oxygen atoms in total. The second kappa shape index (κ2) is 11.1. The van der Waals surface area contributed by atoms with E-state index in [4.69, 9.17) is 36.1 Å². The molecule has 240 valence electrons. The van der Waals surface area contributed by atoms with Crippen LogP contribution < -0.4 is 20.2 Å². The minimum absolute atomic E-state index is 0.0287. The van der Waals surface area contributed by atoms with Crippen molar-refractivity contribution >= 4 is 58.1 Å². The van der Waals surface area contributed by atoms with Gasteiger partial charge in [0, 0.05) is 19.5 Å². The number of rotatable bonds is 10. The SMILES string of the molecule is CC(C)OC(=O)[C@H](C)NP(=S)(Oc1cccc2ccccc12)OC1[C@H]2O[C@@H](n3cnc4c(N(C)C)nc(N)nc43)[C@](C)(F)[C@@]12O. The van der Waals surface area contributed by atoms with E-state index in [0.717, 1.165) is 10.8 Å². The third-order valence-corrected chi connectivity index (χ3v) is 10.4. The smallest absolute Gasteiger partial charge is 0.323 e. The van der Waals surface area contributed by atoms with Crippen LogP contribution in [0.2, 0.25) is 0 Å². The van der Waals surface area contributed by atoms with Crippen molar-refractivity contribution in [3.8, 4) is 5.75 Å². The van der Waals surface area contributed by atoms with Gasteiger partial charge < -0.3 is 29.7 Å². The summed E-state index contributed by atoms with van der Waals surface area (Å²) in [5.41, 5.74) is 2.04. The van der Waals surface area contributed by atoms with Crippen molar-refractivity contribution in [3.05, 3.63) is 48.8 Å². The molecule has 7 atom stereocenters. The summed E-state index contributed by atoms with van der Waals surface area (Å²) in [6, 6.07) is 12.0. The van der Waals surface area contributed by atoms with Gasteiger partial charge in [-0.25, -0.2) is 14.5 Å². The Morgan fingerprint density at radius 3 is 2.60 bits per heavy atom. The topological polar surface area (TPSA) is 159 Å². The number of anilines is 2. The summed E-state index contributed by atoms with van der Waals surface area (Å²) in [4.78, 5) is 27.3. The Balaban J connectivity index is 1.30. The van der Waals surface area contributed by atoms with Gasteiger partial charge in [-0.3, -0.25) is 13.9 Å². The van der Waals surface area contributed by atoms with Crippen molar-refractivity contribution in [2.24, 2.45) is 0 Å². The third kappa shape index (κ3) is 5.30. The molecular formula is C29H35FN7O6PS. The van der Waals surface area contributed by atoms with Gasteiger partial charge in [0.15, 0.2) is 34.5 Å². The predicted octanol–water partition coefficient (Wildman–Crippen LogP) is 3.62. The van der Waals surface area contributed by atoms with E-state index >= 15 is 4.39 Å². The Labute approximate surface area is 264 Å². The molecule has 2 aromatic carbocycles. The fraction of sp³-hybridized carbons (Fsp3) is 0.448. The number of aromatic nitrogens is 4. The van der Waals surface area contributed by atoms with Gasteiger partial charge in [0.1, 0.15) is 24.0 Å². The average molecular weight is 660 g/mol. The third-order valence-electron chi connectivity index (χ3n) is 7.93. The molecule has 1 aliphatic heterocycles. The maximum atomic E-state index is 16.8. The first-order chi connectivity index (χ1) is 21.2. The molecular weight excluding hydrogens is 624 g/mol. The number of esters is 1. The summed E-state index contributed by atoms with van der Waals surface area (Å²) < 4.78 is 42.2. The molecule has 1 saturated carbocycles. The molecule has 6 rings (SSSR count). The van der Waals surface area contributed by atoms with E-state index in [0.29, 0.717) is 17.1 Å². The highest BCUT2D eigenvalue weighted by atomic mass is 32.5. The summed E-state index contributed by atoms with van der Waals surface area (Å²) in [5.74, 6) is 0.240. The average Bonchev–Trinajstić information content (AvgIpc) is 3.21. The van der Waals surface area contributed by atoms with E-state index in [1.54, 1.807) is 51.9 Å². The van der Waals surface area contributed by atoms with Crippen LogP contribution in [-0.2, 0) is 30.6 Å². The van der Waals surface area contributed by atoms with Crippen LogP contribution in [0.4, 0.5) is 16.2 Å². The van der Waals surface area contributed by atoms with Crippen LogP contribution in [0.3, 0.4) is 0 Å². The molecule has 16 heteroatoms. The summed E-state index contributed by atoms with van der Waals surface area (Å²) in [6.45, 7) is 2.56. The van der Waals surface area contributed by atoms with E-state index < -0.39 is 48.4 Å². The molecule has 2 unspecified atom stereocenters. The molecule has 0 amide bonds. The number of ether oxygens (including phenoxy) is 2. The molecule has 3 heterocycles. The maximum absolute atomic E-state index is 16.8. The lowest BCUT2D eigenvalue weighted by Crippen LogP contribution is -2.45. The Morgan fingerprint density at radius 2 is 1.93 bits per heavy atom. The van der Waals surface area contributed by atoms with Crippen molar-refractivity contribution in [2.75, 3.05) is 24.7 Å². The van der Waals surface area contributed by atoms with Crippen molar-refractivity contribution in [3.63, 3.8) is 0 Å². The molecule has 0 radical (unpaired) electrons. The van der Waals surface area contributed by atoms with E-state index in [9.17, 15) is 9.90 Å². The first-order valence-corrected chi connectivity index (χ1v) is 17.0. The monoisotopic (exact) mass is 659 g/mol. The quantitative estimate of drug-likeness (QED) is 0.168. The number of alkyl halides is 1. The lowest BCUT2D eigenvalue weighted by molar-refractivity contribution is -0.149. The molecule has 4 N–H and O–H groups in total. The summed E-state index contributed by atoms with van der Waals surface area (Å²) >= 11 is 5.91. The molecule has 1 saturated heterocycles. The first kappa shape index (κ1) is 31.5. The first-order valence-electron chi connectivity index (χ1n) is 14.3. The molecule has 0 spiro atoms. The van der Waals surface area contributed by atoms with Crippen LogP contribution in [0.15, 0.2) is 48.8 Å². The number of imidazole rings is 1. The van der Waals surface area contributed by atoms with Crippen LogP contribution in [0.5, 0.6) is 5.75 Å². The number of nitrogens with zero attached hydrogens (tertiary/aromatic N) is 5. The van der Waals surface area contributed by atoms with Gasteiger partial charge in [0.05, 0.1) is 12.4 Å². The molecule has 1 aliphatic carbocycles. The molecule has 2 fully saturated rings. The van der Waals surface area contributed by atoms with Gasteiger partial charge in [0.25, 0.3) is 0 Å². The fourth-order valence-corrected chi connectivity index (χ4v) is 8.35. The van der Waals surface area contributed by atoms with E-state index in [1.165, 1.54) is 17.8 Å². The highest BCUT2D eigenvalue weighted by Crippen LogP contribution is 2.66. The number of nitrogens with one attached hydrogen (secondary N) is 1. The molecule has 2 aromatic heterocycles. The van der Waals surface area contributed by atoms with E-state index in [2.05, 4.69) is 20.0 Å². The Morgan fingerprint density at radius 1 is 1.22 bits per heavy atom. The van der Waals surface area contributed by atoms with Gasteiger partial charge in [-0.1, -0.05) is 36.4 Å². The normalized spacial score (nSPS) is 27.7. The zero-order valence-corrected chi connectivity index (χ0v) is 27.3. The van der Waals surface area contributed by atoms with Gasteiger partial charge >= 0.3 is 12.6 Å². The number of nitrogen functional groups attached to an aromatic ring is 1. The Kier molecular flexibility index (Phi) is 7.78. The second-order valence-electron chi connectivity index (χ2n) is 11.9. The van der Waals surface area contributed by atoms with Crippen LogP contribution in [0.1, 0.15) is 33.9 Å². The van der Waals surface area contributed by atoms with Gasteiger partial charge in [0.2, 0.25) is 5.95 Å². The lowest BCUT2D eigenvalue weighted by Gasteiger charge is -2.33. The second-order valence-corrected chi connectivity index (χ2v) is 15.0. The number of carbonyl (C=O) groups is 1. The number of nitrogens with two attached hydrogens (primary N) is 1. The standard InChI is InChI=1S/C29H35FN7O6PS/c1-15(2)40-25(38)16(3)35-44(45,42-19-13-9-11-17-10-7-8-12-18(17)19)43-22-21-29(22,39)28(4,30)26(41-21)37-14-32-20-23(36(5)6)33-27(31)34-24(20)37/h7-16,21-22,26,39H,1-6H3,(H,35,45)(H2,31,33,34)/t16-,21+,22?,26+,28-,29-,44?/m0/s1. The zero-order valence-electron chi connectivity index (χ0n) is 25.5. The van der Waals surface area contributed by atoms with Crippen LogP contribution in [-0.4, -0.2) is 80.3 Å². The predicted molar refractivity (Wildman–Crippen MR) is 170 cm³/mol. The molecule has 2 aliphatic rings. The van der Waals surface area contributed by atoms with Crippen molar-refractivity contribution in [2.45, 2.75) is 69.5 Å². The highest BCUT2D eigenvalue weighted by molar-refractivity contribution is 8.09. The molecule has 45 heavy (non-hydrogen) atoms. The van der Waals surface area contributed by atoms with E-state index in [-0.39, 0.29) is 17.7 Å². The molecule has 0 bridgehead atoms. The van der Waals surface area contributed by atoms with Crippen LogP contribution >= 0.6 is 6.64 Å². The maximum Gasteiger partial charge on any atom is 0.323 e. The number of benzene rings is 2. The Bertz CT molecular complexity index is 1830. The minimum Gasteiger partial charge on any atom is -0.462 e. The van der Waals surface area contributed by atoms with Crippen LogP contribution in [0.25, 0.3) is 21.9 Å². The summed E-state index contributed by atoms with van der Waals surface area (Å²) in [7, 11) is 3.54. The highest BCUT2D eigenvalue weighted by Gasteiger charge is 2.85. The largest absolute Gasteiger partial charge is 0.462 e. The summed E-state index contributed by atoms with van der Waals surface area (Å²) in [5, 5.41) is 16.3. The lowest BCUT2D eigenvalue weighted by atomic mass is 9.97. The number of halogens is 1. The number of carbonyl (C=O) groups excluding carboxylic acids is 1. The number of hydrogen-bond donors (Lipinski definition) is 3. The van der Waals surface area contributed by atoms with Gasteiger partial charge in [-0.05, 0) is 51.0 Å². The van der Waals surface area contributed by atoms with E-state index in [1.807, 2.05) is 30.3 Å². The number of hydrogen-bond acceptors (Lipinski definition) is 12. The fourth-order valence-electron chi connectivity index (χ4n) is 5.63. The van der Waals surface area contributed by atoms with Gasteiger partial charge in [-0.15, -0.1) is 0 Å². The zero-order chi connectivity index (χ0) is 32.5.